The van der Waals surface area contributed by atoms with Crippen LogP contribution in [-0.2, 0) is 0 Å². The lowest BCUT2D eigenvalue weighted by Crippen LogP contribution is -2.45. The topological polar surface area (TPSA) is 15.3 Å². The van der Waals surface area contributed by atoms with Crippen LogP contribution in [0.15, 0.2) is 0 Å². The molecule has 1 saturated heterocycles. The molecule has 1 aliphatic rings. The standard InChI is InChI=1S/C9H20N2/c1-3-10-9(2)11-7-5-4-6-8-11/h9-10H,3-8H2,1-2H3. The average Bonchev–Trinajstić information content (AvgIpc) is 2.07. The summed E-state index contributed by atoms with van der Waals surface area (Å²) in [6.07, 6.45) is 4.78. The van der Waals surface area contributed by atoms with Crippen LogP contribution < -0.4 is 5.32 Å². The van der Waals surface area contributed by atoms with Gasteiger partial charge in [0.1, 0.15) is 0 Å². The molecule has 0 radical (unpaired) electrons. The molecule has 1 fully saturated rings. The van der Waals surface area contributed by atoms with Gasteiger partial charge in [0.2, 0.25) is 0 Å². The van der Waals surface area contributed by atoms with E-state index in [9.17, 15) is 0 Å². The van der Waals surface area contributed by atoms with Gasteiger partial charge in [-0.15, -0.1) is 0 Å². The fourth-order valence-electron chi connectivity index (χ4n) is 1.73. The summed E-state index contributed by atoms with van der Waals surface area (Å²) in [4.78, 5) is 2.53. The monoisotopic (exact) mass is 156 g/mol. The second-order valence-electron chi connectivity index (χ2n) is 3.33. The van der Waals surface area contributed by atoms with Crippen molar-refractivity contribution in [2.45, 2.75) is 39.3 Å². The van der Waals surface area contributed by atoms with E-state index in [1.165, 1.54) is 32.4 Å². The Hall–Kier alpha value is -0.0800. The quantitative estimate of drug-likeness (QED) is 0.665. The van der Waals surface area contributed by atoms with Gasteiger partial charge in [0.05, 0.1) is 6.17 Å². The van der Waals surface area contributed by atoms with Crippen molar-refractivity contribution in [1.29, 1.82) is 0 Å². The molecule has 0 spiro atoms. The molecule has 1 heterocycles. The molecule has 0 aliphatic carbocycles. The molecule has 0 amide bonds. The molecule has 2 nitrogen and oxygen atoms in total. The van der Waals surface area contributed by atoms with Crippen molar-refractivity contribution in [3.63, 3.8) is 0 Å². The van der Waals surface area contributed by atoms with Crippen LogP contribution in [0.3, 0.4) is 0 Å². The zero-order chi connectivity index (χ0) is 8.10. The van der Waals surface area contributed by atoms with E-state index in [-0.39, 0.29) is 0 Å². The molecule has 0 saturated carbocycles. The highest BCUT2D eigenvalue weighted by atomic mass is 15.3. The van der Waals surface area contributed by atoms with Gasteiger partial charge >= 0.3 is 0 Å². The first-order valence-electron chi connectivity index (χ1n) is 4.82. The van der Waals surface area contributed by atoms with Crippen molar-refractivity contribution in [3.8, 4) is 0 Å². The van der Waals surface area contributed by atoms with E-state index in [4.69, 9.17) is 0 Å². The second kappa shape index (κ2) is 4.73. The summed E-state index contributed by atoms with van der Waals surface area (Å²) in [5.74, 6) is 0. The first kappa shape index (κ1) is 9.01. The van der Waals surface area contributed by atoms with Crippen molar-refractivity contribution in [2.24, 2.45) is 0 Å². The van der Waals surface area contributed by atoms with Crippen molar-refractivity contribution < 1.29 is 0 Å². The summed E-state index contributed by atoms with van der Waals surface area (Å²) < 4.78 is 0. The molecule has 11 heavy (non-hydrogen) atoms. The molecule has 1 atom stereocenters. The van der Waals surface area contributed by atoms with E-state index >= 15 is 0 Å². The number of nitrogens with zero attached hydrogens (tertiary/aromatic N) is 1. The molecular formula is C9H20N2. The summed E-state index contributed by atoms with van der Waals surface area (Å²) in [6.45, 7) is 8.08. The third-order valence-corrected chi connectivity index (χ3v) is 2.44. The van der Waals surface area contributed by atoms with Crippen LogP contribution in [0.1, 0.15) is 33.1 Å². The molecule has 1 rings (SSSR count). The minimum Gasteiger partial charge on any atom is -0.302 e. The second-order valence-corrected chi connectivity index (χ2v) is 3.33. The first-order chi connectivity index (χ1) is 5.34. The van der Waals surface area contributed by atoms with Gasteiger partial charge < -0.3 is 5.32 Å². The Bertz CT molecular complexity index is 97.7. The maximum atomic E-state index is 3.44. The van der Waals surface area contributed by atoms with E-state index < -0.39 is 0 Å². The van der Waals surface area contributed by atoms with Crippen molar-refractivity contribution in [1.82, 2.24) is 10.2 Å². The summed E-state index contributed by atoms with van der Waals surface area (Å²) in [7, 11) is 0. The summed E-state index contributed by atoms with van der Waals surface area (Å²) >= 11 is 0. The predicted octanol–water partition coefficient (Wildman–Crippen LogP) is 1.43. The fourth-order valence-corrected chi connectivity index (χ4v) is 1.73. The lowest BCUT2D eigenvalue weighted by molar-refractivity contribution is 0.150. The van der Waals surface area contributed by atoms with Crippen LogP contribution in [-0.4, -0.2) is 30.7 Å². The lowest BCUT2D eigenvalue weighted by Gasteiger charge is -2.32. The van der Waals surface area contributed by atoms with Crippen LogP contribution in [0.2, 0.25) is 0 Å². The van der Waals surface area contributed by atoms with E-state index in [0.29, 0.717) is 6.17 Å². The number of rotatable bonds is 3. The number of hydrogen-bond acceptors (Lipinski definition) is 2. The average molecular weight is 156 g/mol. The highest BCUT2D eigenvalue weighted by molar-refractivity contribution is 4.68. The van der Waals surface area contributed by atoms with Gasteiger partial charge in [0.25, 0.3) is 0 Å². The largest absolute Gasteiger partial charge is 0.302 e. The number of piperidine rings is 1. The first-order valence-corrected chi connectivity index (χ1v) is 4.82. The normalized spacial score (nSPS) is 23.5. The zero-order valence-corrected chi connectivity index (χ0v) is 7.77. The molecule has 1 unspecified atom stereocenters. The van der Waals surface area contributed by atoms with Gasteiger partial charge in [-0.1, -0.05) is 13.3 Å². The summed E-state index contributed by atoms with van der Waals surface area (Å²) in [6, 6.07) is 0. The molecular weight excluding hydrogens is 136 g/mol. The van der Waals surface area contributed by atoms with Gasteiger partial charge in [-0.3, -0.25) is 4.90 Å². The van der Waals surface area contributed by atoms with E-state index in [2.05, 4.69) is 24.1 Å². The molecule has 0 aromatic rings. The smallest absolute Gasteiger partial charge is 0.0567 e. The number of nitrogens with one attached hydrogen (secondary N) is 1. The van der Waals surface area contributed by atoms with Gasteiger partial charge in [-0.05, 0) is 39.4 Å². The number of hydrogen-bond donors (Lipinski definition) is 1. The van der Waals surface area contributed by atoms with Crippen LogP contribution >= 0.6 is 0 Å². The molecule has 1 aliphatic heterocycles. The van der Waals surface area contributed by atoms with Crippen molar-refractivity contribution in [3.05, 3.63) is 0 Å². The molecule has 2 heteroatoms. The molecule has 0 bridgehead atoms. The Kier molecular flexibility index (Phi) is 3.87. The summed E-state index contributed by atoms with van der Waals surface area (Å²) in [5.41, 5.74) is 0. The third-order valence-electron chi connectivity index (χ3n) is 2.44. The van der Waals surface area contributed by atoms with Crippen LogP contribution in [0.25, 0.3) is 0 Å². The minimum atomic E-state index is 0.584. The highest BCUT2D eigenvalue weighted by Gasteiger charge is 2.14. The lowest BCUT2D eigenvalue weighted by atomic mass is 10.1. The number of likely N-dealkylation sites (tertiary alicyclic amines) is 1. The maximum absolute atomic E-state index is 3.44. The Labute approximate surface area is 70.0 Å². The van der Waals surface area contributed by atoms with E-state index in [0.717, 1.165) is 6.54 Å². The molecule has 66 valence electrons. The SMILES string of the molecule is CCNC(C)N1CCCCC1. The van der Waals surface area contributed by atoms with Crippen molar-refractivity contribution >= 4 is 0 Å². The third kappa shape index (κ3) is 2.80. The Balaban J connectivity index is 2.21. The van der Waals surface area contributed by atoms with E-state index in [1.807, 2.05) is 0 Å². The van der Waals surface area contributed by atoms with Crippen molar-refractivity contribution in [2.75, 3.05) is 19.6 Å². The Morgan fingerprint density at radius 1 is 1.27 bits per heavy atom. The fraction of sp³-hybridized carbons (Fsp3) is 1.00. The van der Waals surface area contributed by atoms with E-state index in [1.54, 1.807) is 0 Å². The van der Waals surface area contributed by atoms with Gasteiger partial charge in [-0.25, -0.2) is 0 Å². The highest BCUT2D eigenvalue weighted by Crippen LogP contribution is 2.10. The predicted molar refractivity (Wildman–Crippen MR) is 48.6 cm³/mol. The molecule has 0 aromatic carbocycles. The Morgan fingerprint density at radius 2 is 1.91 bits per heavy atom. The van der Waals surface area contributed by atoms with Gasteiger partial charge in [0.15, 0.2) is 0 Å². The van der Waals surface area contributed by atoms with Crippen LogP contribution in [0.4, 0.5) is 0 Å². The van der Waals surface area contributed by atoms with Gasteiger partial charge in [0, 0.05) is 0 Å². The zero-order valence-electron chi connectivity index (χ0n) is 7.77. The van der Waals surface area contributed by atoms with Crippen LogP contribution in [0.5, 0.6) is 0 Å². The Morgan fingerprint density at radius 3 is 2.45 bits per heavy atom. The molecule has 1 N–H and O–H groups in total. The minimum absolute atomic E-state index is 0.584. The summed E-state index contributed by atoms with van der Waals surface area (Å²) in [5, 5.41) is 3.44. The van der Waals surface area contributed by atoms with Gasteiger partial charge in [-0.2, -0.15) is 0 Å². The maximum Gasteiger partial charge on any atom is 0.0567 e. The van der Waals surface area contributed by atoms with Crippen LogP contribution in [0, 0.1) is 0 Å². The molecule has 0 aromatic heterocycles.